The molecule has 33 heavy (non-hydrogen) atoms. The van der Waals surface area contributed by atoms with Gasteiger partial charge in [-0.2, -0.15) is 23.3 Å². The monoisotopic (exact) mass is 485 g/mol. The van der Waals surface area contributed by atoms with Crippen LogP contribution < -0.4 is 15.2 Å². The van der Waals surface area contributed by atoms with Crippen LogP contribution in [0, 0.1) is 5.82 Å². The molecule has 174 valence electrons. The van der Waals surface area contributed by atoms with E-state index in [-0.39, 0.29) is 29.7 Å². The van der Waals surface area contributed by atoms with Gasteiger partial charge in [-0.15, -0.1) is 0 Å². The third kappa shape index (κ3) is 4.62. The Bertz CT molecular complexity index is 1270. The van der Waals surface area contributed by atoms with Gasteiger partial charge in [0.1, 0.15) is 28.3 Å². The predicted molar refractivity (Wildman–Crippen MR) is 109 cm³/mol. The zero-order valence-corrected chi connectivity index (χ0v) is 17.7. The minimum atomic E-state index is -4.86. The van der Waals surface area contributed by atoms with Crippen LogP contribution in [0.4, 0.5) is 23.2 Å². The van der Waals surface area contributed by atoms with Crippen molar-refractivity contribution in [1.82, 2.24) is 20.2 Å². The molecule has 0 bridgehead atoms. The molecule has 3 heterocycles. The van der Waals surface area contributed by atoms with E-state index in [4.69, 9.17) is 16.3 Å². The number of aliphatic hydroxyl groups excluding tert-OH is 1. The summed E-state index contributed by atoms with van der Waals surface area (Å²) in [6.07, 6.45) is -4.40. The van der Waals surface area contributed by atoms with Crippen LogP contribution in [0.15, 0.2) is 29.2 Å². The second kappa shape index (κ2) is 8.60. The van der Waals surface area contributed by atoms with Gasteiger partial charge < -0.3 is 14.7 Å². The van der Waals surface area contributed by atoms with Crippen molar-refractivity contribution in [3.8, 4) is 11.6 Å². The van der Waals surface area contributed by atoms with Gasteiger partial charge in [-0.1, -0.05) is 11.6 Å². The van der Waals surface area contributed by atoms with E-state index >= 15 is 0 Å². The summed E-state index contributed by atoms with van der Waals surface area (Å²) in [6.45, 7) is 1.80. The Kier molecular flexibility index (Phi) is 5.97. The highest BCUT2D eigenvalue weighted by atomic mass is 35.5. The summed E-state index contributed by atoms with van der Waals surface area (Å²) in [5, 5.41) is 15.9. The van der Waals surface area contributed by atoms with Crippen molar-refractivity contribution in [2.75, 3.05) is 11.4 Å². The summed E-state index contributed by atoms with van der Waals surface area (Å²) in [6, 6.07) is 2.05. The number of alkyl halides is 3. The summed E-state index contributed by atoms with van der Waals surface area (Å²) >= 11 is 6.09. The molecule has 8 nitrogen and oxygen atoms in total. The largest absolute Gasteiger partial charge is 0.438 e. The van der Waals surface area contributed by atoms with E-state index in [0.717, 1.165) is 12.1 Å². The van der Waals surface area contributed by atoms with Crippen LogP contribution in [0.3, 0.4) is 0 Å². The average molecular weight is 486 g/mol. The van der Waals surface area contributed by atoms with Gasteiger partial charge in [-0.05, 0) is 31.5 Å². The van der Waals surface area contributed by atoms with E-state index in [1.54, 1.807) is 4.90 Å². The molecule has 0 aliphatic carbocycles. The molecule has 1 aliphatic rings. The van der Waals surface area contributed by atoms with Crippen molar-refractivity contribution < 1.29 is 27.4 Å². The van der Waals surface area contributed by atoms with Crippen molar-refractivity contribution in [1.29, 1.82) is 0 Å². The number of hydrogen-bond acceptors (Lipinski definition) is 7. The minimum absolute atomic E-state index is 0.0728. The molecule has 1 atom stereocenters. The van der Waals surface area contributed by atoms with Crippen LogP contribution in [0.5, 0.6) is 11.6 Å². The first-order valence-electron chi connectivity index (χ1n) is 9.65. The molecular weight excluding hydrogens is 470 g/mol. The number of aromatic amines is 1. The molecule has 1 aromatic carbocycles. The first-order valence-corrected chi connectivity index (χ1v) is 10.0. The van der Waals surface area contributed by atoms with E-state index < -0.39 is 35.0 Å². The molecule has 3 aromatic rings. The van der Waals surface area contributed by atoms with Crippen LogP contribution in [-0.4, -0.2) is 31.8 Å². The molecule has 2 N–H and O–H groups in total. The van der Waals surface area contributed by atoms with E-state index in [1.807, 2.05) is 0 Å². The molecule has 1 aliphatic heterocycles. The number of fused-ring (bicyclic) bond motifs is 1. The molecule has 13 heteroatoms. The summed E-state index contributed by atoms with van der Waals surface area (Å²) in [7, 11) is 0. The Balaban J connectivity index is 1.76. The summed E-state index contributed by atoms with van der Waals surface area (Å²) < 4.78 is 59.2. The molecule has 0 fully saturated rings. The second-order valence-electron chi connectivity index (χ2n) is 7.30. The maximum atomic E-state index is 13.5. The van der Waals surface area contributed by atoms with E-state index in [9.17, 15) is 27.5 Å². The van der Waals surface area contributed by atoms with E-state index in [1.165, 1.54) is 13.1 Å². The fourth-order valence-electron chi connectivity index (χ4n) is 3.40. The molecule has 0 saturated heterocycles. The number of ether oxygens (including phenoxy) is 1. The van der Waals surface area contributed by atoms with Gasteiger partial charge in [0.2, 0.25) is 5.88 Å². The van der Waals surface area contributed by atoms with Crippen LogP contribution >= 0.6 is 11.6 Å². The number of anilines is 1. The van der Waals surface area contributed by atoms with Gasteiger partial charge in [0.05, 0.1) is 24.1 Å². The number of aliphatic hydroxyl groups is 1. The Morgan fingerprint density at radius 1 is 1.30 bits per heavy atom. The standard InChI is InChI=1S/C20H16ClF4N5O3/c1-9(31)17-27-13-8-30(14-7-26-29-18(32)16(14)21)5-4-11(13)19(28-17)33-15-3-2-10(22)6-12(15)20(23,24)25/h2-3,6-7,9,31H,4-5,8H2,1H3,(H,29,32)/t9-/m0/s1. The molecule has 2 aromatic heterocycles. The number of halogens is 5. The fourth-order valence-corrected chi connectivity index (χ4v) is 3.61. The van der Waals surface area contributed by atoms with Crippen LogP contribution in [0.1, 0.15) is 35.7 Å². The quantitative estimate of drug-likeness (QED) is 0.542. The number of hydrogen-bond donors (Lipinski definition) is 2. The van der Waals surface area contributed by atoms with Crippen molar-refractivity contribution in [2.24, 2.45) is 0 Å². The Morgan fingerprint density at radius 3 is 2.76 bits per heavy atom. The number of aromatic nitrogens is 4. The smallest absolute Gasteiger partial charge is 0.420 e. The number of benzene rings is 1. The molecule has 0 saturated carbocycles. The summed E-state index contributed by atoms with van der Waals surface area (Å²) in [5.41, 5.74) is -0.737. The van der Waals surface area contributed by atoms with Crippen molar-refractivity contribution >= 4 is 17.3 Å². The highest BCUT2D eigenvalue weighted by Crippen LogP contribution is 2.40. The van der Waals surface area contributed by atoms with E-state index in [0.29, 0.717) is 29.6 Å². The minimum Gasteiger partial charge on any atom is -0.438 e. The maximum absolute atomic E-state index is 13.5. The average Bonchev–Trinajstić information content (AvgIpc) is 2.75. The topological polar surface area (TPSA) is 104 Å². The lowest BCUT2D eigenvalue weighted by atomic mass is 10.0. The fraction of sp³-hybridized carbons (Fsp3) is 0.300. The third-order valence-corrected chi connectivity index (χ3v) is 5.35. The summed E-state index contributed by atoms with van der Waals surface area (Å²) in [5.74, 6) is -1.95. The summed E-state index contributed by atoms with van der Waals surface area (Å²) in [4.78, 5) is 21.9. The predicted octanol–water partition coefficient (Wildman–Crippen LogP) is 3.78. The zero-order valence-electron chi connectivity index (χ0n) is 17.0. The lowest BCUT2D eigenvalue weighted by Gasteiger charge is -2.31. The van der Waals surface area contributed by atoms with Crippen LogP contribution in [0.2, 0.25) is 5.02 Å². The molecular formula is C20H16ClF4N5O3. The molecule has 0 amide bonds. The van der Waals surface area contributed by atoms with Gasteiger partial charge in [-0.3, -0.25) is 4.79 Å². The lowest BCUT2D eigenvalue weighted by molar-refractivity contribution is -0.138. The Morgan fingerprint density at radius 2 is 2.06 bits per heavy atom. The molecule has 0 spiro atoms. The first kappa shape index (κ1) is 22.9. The zero-order chi connectivity index (χ0) is 23.9. The van der Waals surface area contributed by atoms with Gasteiger partial charge in [0.15, 0.2) is 5.82 Å². The number of nitrogens with zero attached hydrogens (tertiary/aromatic N) is 4. The normalized spacial score (nSPS) is 14.7. The van der Waals surface area contributed by atoms with Crippen molar-refractivity contribution in [3.63, 3.8) is 0 Å². The van der Waals surface area contributed by atoms with Gasteiger partial charge >= 0.3 is 6.18 Å². The Labute approximate surface area is 188 Å². The molecule has 0 unspecified atom stereocenters. The maximum Gasteiger partial charge on any atom is 0.420 e. The van der Waals surface area contributed by atoms with Gasteiger partial charge in [0.25, 0.3) is 5.56 Å². The van der Waals surface area contributed by atoms with Crippen LogP contribution in [-0.2, 0) is 19.1 Å². The highest BCUT2D eigenvalue weighted by Gasteiger charge is 2.36. The SMILES string of the molecule is C[C@H](O)c1nc2c(c(Oc3ccc(F)cc3C(F)(F)F)n1)CCN(c1cn[nH]c(=O)c1Cl)C2. The first-order chi connectivity index (χ1) is 15.5. The number of nitrogens with one attached hydrogen (secondary N) is 1. The van der Waals surface area contributed by atoms with Crippen molar-refractivity contribution in [3.05, 3.63) is 68.2 Å². The van der Waals surface area contributed by atoms with Crippen LogP contribution in [0.25, 0.3) is 0 Å². The van der Waals surface area contributed by atoms with E-state index in [2.05, 4.69) is 20.2 Å². The second-order valence-corrected chi connectivity index (χ2v) is 7.68. The molecule has 4 rings (SSSR count). The van der Waals surface area contributed by atoms with Gasteiger partial charge in [0, 0.05) is 12.1 Å². The molecule has 0 radical (unpaired) electrons. The lowest BCUT2D eigenvalue weighted by Crippen LogP contribution is -2.33. The third-order valence-electron chi connectivity index (χ3n) is 4.99. The van der Waals surface area contributed by atoms with Gasteiger partial charge in [-0.25, -0.2) is 14.5 Å². The number of H-pyrrole nitrogens is 1. The highest BCUT2D eigenvalue weighted by molar-refractivity contribution is 6.33. The number of rotatable bonds is 4. The van der Waals surface area contributed by atoms with Crippen molar-refractivity contribution in [2.45, 2.75) is 32.2 Å². The Hall–Kier alpha value is -3.25.